The Kier molecular flexibility index (Phi) is 6.82. The summed E-state index contributed by atoms with van der Waals surface area (Å²) in [6.45, 7) is 1.85. The second-order valence-electron chi connectivity index (χ2n) is 7.05. The van der Waals surface area contributed by atoms with E-state index in [4.69, 9.17) is 0 Å². The van der Waals surface area contributed by atoms with Crippen molar-refractivity contribution in [3.63, 3.8) is 0 Å². The van der Waals surface area contributed by atoms with Crippen molar-refractivity contribution in [2.45, 2.75) is 57.4 Å². The number of nitrogens with one attached hydrogen (secondary N) is 1. The Hall–Kier alpha value is -1.46. The van der Waals surface area contributed by atoms with Gasteiger partial charge in [0, 0.05) is 25.4 Å². The lowest BCUT2D eigenvalue weighted by molar-refractivity contribution is -0.121. The minimum atomic E-state index is 0.138. The fourth-order valence-electron chi connectivity index (χ4n) is 3.60. The van der Waals surface area contributed by atoms with Crippen LogP contribution in [0, 0.1) is 0 Å². The molecule has 5 heteroatoms. The maximum atomic E-state index is 12.0. The average Bonchev–Trinajstić information content (AvgIpc) is 3.07. The number of benzene rings is 1. The fourth-order valence-corrected chi connectivity index (χ4v) is 4.56. The number of nitrogens with zero attached hydrogens (tertiary/aromatic N) is 2. The maximum absolute atomic E-state index is 12.0. The smallest absolute Gasteiger partial charge is 0.220 e. The minimum Gasteiger partial charge on any atom is -0.356 e. The number of aromatic nitrogens is 1. The maximum Gasteiger partial charge on any atom is 0.220 e. The van der Waals surface area contributed by atoms with Crippen LogP contribution in [0.4, 0.5) is 0 Å². The summed E-state index contributed by atoms with van der Waals surface area (Å²) < 4.78 is 1.20. The molecule has 0 bridgehead atoms. The first-order chi connectivity index (χ1) is 12.2. The molecule has 1 amide bonds. The number of para-hydroxylation sites is 1. The highest BCUT2D eigenvalue weighted by molar-refractivity contribution is 7.18. The Bertz CT molecular complexity index is 645. The summed E-state index contributed by atoms with van der Waals surface area (Å²) in [7, 11) is 2.23. The lowest BCUT2D eigenvalue weighted by Crippen LogP contribution is -2.35. The summed E-state index contributed by atoms with van der Waals surface area (Å²) in [6.07, 6.45) is 9.10. The lowest BCUT2D eigenvalue weighted by atomic mass is 9.94. The van der Waals surface area contributed by atoms with Crippen LogP contribution in [0.5, 0.6) is 0 Å². The van der Waals surface area contributed by atoms with Gasteiger partial charge in [0.1, 0.15) is 0 Å². The zero-order chi connectivity index (χ0) is 17.5. The summed E-state index contributed by atoms with van der Waals surface area (Å²) in [5, 5.41) is 4.11. The lowest BCUT2D eigenvalue weighted by Gasteiger charge is -2.31. The van der Waals surface area contributed by atoms with Gasteiger partial charge in [0.25, 0.3) is 0 Å². The number of thiazole rings is 1. The van der Waals surface area contributed by atoms with Crippen molar-refractivity contribution in [2.24, 2.45) is 0 Å². The van der Waals surface area contributed by atoms with Crippen LogP contribution < -0.4 is 5.32 Å². The quantitative estimate of drug-likeness (QED) is 0.725. The number of hydrogen-bond acceptors (Lipinski definition) is 4. The number of amides is 1. The van der Waals surface area contributed by atoms with Crippen LogP contribution in [0.3, 0.4) is 0 Å². The summed E-state index contributed by atoms with van der Waals surface area (Å²) >= 11 is 1.69. The molecular weight excluding hydrogens is 330 g/mol. The molecule has 3 rings (SSSR count). The van der Waals surface area contributed by atoms with E-state index in [1.807, 2.05) is 18.2 Å². The third kappa shape index (κ3) is 5.51. The summed E-state index contributed by atoms with van der Waals surface area (Å²) in [6, 6.07) is 8.89. The van der Waals surface area contributed by atoms with Gasteiger partial charge in [-0.3, -0.25) is 4.79 Å². The van der Waals surface area contributed by atoms with Crippen molar-refractivity contribution in [2.75, 3.05) is 20.1 Å². The van der Waals surface area contributed by atoms with Crippen molar-refractivity contribution in [1.82, 2.24) is 15.2 Å². The van der Waals surface area contributed by atoms with Gasteiger partial charge in [-0.05, 0) is 45.0 Å². The van der Waals surface area contributed by atoms with Crippen LogP contribution in [0.1, 0.15) is 50.0 Å². The fraction of sp³-hybridized carbons (Fsp3) is 0.600. The number of hydrogen-bond donors (Lipinski definition) is 1. The molecule has 1 aliphatic carbocycles. The number of carbonyl (C=O) groups excluding carboxylic acids is 1. The predicted molar refractivity (Wildman–Crippen MR) is 105 cm³/mol. The first-order valence-electron chi connectivity index (χ1n) is 9.54. The Labute approximate surface area is 154 Å². The van der Waals surface area contributed by atoms with E-state index in [0.29, 0.717) is 6.42 Å². The molecule has 1 saturated carbocycles. The molecule has 0 spiro atoms. The van der Waals surface area contributed by atoms with E-state index < -0.39 is 0 Å². The van der Waals surface area contributed by atoms with E-state index in [1.165, 1.54) is 36.8 Å². The molecule has 1 heterocycles. The average molecular weight is 360 g/mol. The van der Waals surface area contributed by atoms with E-state index in [-0.39, 0.29) is 5.91 Å². The standard InChI is InChI=1S/C20H29N3OS/c1-23(16-8-3-2-4-9-16)15-7-14-21-19(24)12-13-20-22-17-10-5-6-11-18(17)25-20/h5-6,10-11,16H,2-4,7-9,12-15H2,1H3,(H,21,24). The van der Waals surface area contributed by atoms with Crippen LogP contribution in [-0.4, -0.2) is 42.0 Å². The number of aryl methyl sites for hydroxylation is 1. The van der Waals surface area contributed by atoms with Crippen molar-refractivity contribution in [1.29, 1.82) is 0 Å². The van der Waals surface area contributed by atoms with Crippen LogP contribution in [-0.2, 0) is 11.2 Å². The van der Waals surface area contributed by atoms with Crippen molar-refractivity contribution >= 4 is 27.5 Å². The minimum absolute atomic E-state index is 0.138. The topological polar surface area (TPSA) is 45.2 Å². The molecule has 1 aromatic carbocycles. The van der Waals surface area contributed by atoms with Gasteiger partial charge in [-0.1, -0.05) is 31.4 Å². The van der Waals surface area contributed by atoms with E-state index in [1.54, 1.807) is 11.3 Å². The van der Waals surface area contributed by atoms with Gasteiger partial charge in [0.2, 0.25) is 5.91 Å². The number of rotatable bonds is 8. The first kappa shape index (κ1) is 18.3. The van der Waals surface area contributed by atoms with E-state index >= 15 is 0 Å². The van der Waals surface area contributed by atoms with Crippen LogP contribution in [0.25, 0.3) is 10.2 Å². The zero-order valence-corrected chi connectivity index (χ0v) is 16.0. The van der Waals surface area contributed by atoms with Gasteiger partial charge in [-0.25, -0.2) is 4.98 Å². The van der Waals surface area contributed by atoms with Crippen molar-refractivity contribution in [3.05, 3.63) is 29.3 Å². The third-order valence-corrected chi connectivity index (χ3v) is 6.21. The summed E-state index contributed by atoms with van der Waals surface area (Å²) in [5.41, 5.74) is 1.04. The second-order valence-corrected chi connectivity index (χ2v) is 8.17. The Morgan fingerprint density at radius 3 is 2.88 bits per heavy atom. The molecule has 0 saturated heterocycles. The number of fused-ring (bicyclic) bond motifs is 1. The van der Waals surface area contributed by atoms with E-state index in [2.05, 4.69) is 28.3 Å². The molecular formula is C20H29N3OS. The van der Waals surface area contributed by atoms with Crippen LogP contribution in [0.15, 0.2) is 24.3 Å². The van der Waals surface area contributed by atoms with Crippen LogP contribution >= 0.6 is 11.3 Å². The molecule has 1 aliphatic rings. The van der Waals surface area contributed by atoms with Crippen LogP contribution in [0.2, 0.25) is 0 Å². The summed E-state index contributed by atoms with van der Waals surface area (Å²) in [5.74, 6) is 0.138. The van der Waals surface area contributed by atoms with E-state index in [0.717, 1.165) is 42.5 Å². The Balaban J connectivity index is 1.31. The molecule has 25 heavy (non-hydrogen) atoms. The van der Waals surface area contributed by atoms with Crippen molar-refractivity contribution in [3.8, 4) is 0 Å². The van der Waals surface area contributed by atoms with Gasteiger partial charge in [-0.15, -0.1) is 11.3 Å². The molecule has 0 atom stereocenters. The molecule has 4 nitrogen and oxygen atoms in total. The third-order valence-electron chi connectivity index (χ3n) is 5.11. The monoisotopic (exact) mass is 359 g/mol. The Morgan fingerprint density at radius 2 is 2.08 bits per heavy atom. The molecule has 136 valence electrons. The van der Waals surface area contributed by atoms with Gasteiger partial charge in [-0.2, -0.15) is 0 Å². The highest BCUT2D eigenvalue weighted by Crippen LogP contribution is 2.22. The Morgan fingerprint density at radius 1 is 1.28 bits per heavy atom. The zero-order valence-electron chi connectivity index (χ0n) is 15.2. The molecule has 2 aromatic rings. The molecule has 0 unspecified atom stereocenters. The van der Waals surface area contributed by atoms with Gasteiger partial charge < -0.3 is 10.2 Å². The number of carbonyl (C=O) groups is 1. The summed E-state index contributed by atoms with van der Waals surface area (Å²) in [4.78, 5) is 19.1. The van der Waals surface area contributed by atoms with E-state index in [9.17, 15) is 4.79 Å². The largest absolute Gasteiger partial charge is 0.356 e. The van der Waals surface area contributed by atoms with Gasteiger partial charge in [0.05, 0.1) is 15.2 Å². The molecule has 1 fully saturated rings. The highest BCUT2D eigenvalue weighted by atomic mass is 32.1. The molecule has 0 radical (unpaired) electrons. The molecule has 0 aliphatic heterocycles. The molecule has 1 aromatic heterocycles. The second kappa shape index (κ2) is 9.30. The predicted octanol–water partition coefficient (Wildman–Crippen LogP) is 4.00. The SMILES string of the molecule is CN(CCCNC(=O)CCc1nc2ccccc2s1)C1CCCCC1. The molecule has 1 N–H and O–H groups in total. The normalized spacial score (nSPS) is 15.8. The van der Waals surface area contributed by atoms with Gasteiger partial charge in [0.15, 0.2) is 0 Å². The van der Waals surface area contributed by atoms with Crippen molar-refractivity contribution < 1.29 is 4.79 Å². The highest BCUT2D eigenvalue weighted by Gasteiger charge is 2.17. The first-order valence-corrected chi connectivity index (χ1v) is 10.4. The van der Waals surface area contributed by atoms with Gasteiger partial charge >= 0.3 is 0 Å².